The van der Waals surface area contributed by atoms with E-state index in [0.29, 0.717) is 17.5 Å². The molecule has 0 saturated heterocycles. The van der Waals surface area contributed by atoms with Crippen molar-refractivity contribution in [3.8, 4) is 45.0 Å². The molecule has 49 heavy (non-hydrogen) atoms. The summed E-state index contributed by atoms with van der Waals surface area (Å²) in [4.78, 5) is 15.3. The first kappa shape index (κ1) is 27.9. The van der Waals surface area contributed by atoms with Gasteiger partial charge in [0.2, 0.25) is 0 Å². The highest BCUT2D eigenvalue weighted by Gasteiger charge is 2.57. The zero-order chi connectivity index (χ0) is 32.4. The predicted octanol–water partition coefficient (Wildman–Crippen LogP) is 10.6. The third-order valence-electron chi connectivity index (χ3n) is 10.6. The predicted molar refractivity (Wildman–Crippen MR) is 198 cm³/mol. The first-order valence-electron chi connectivity index (χ1n) is 17.0. The number of rotatable bonds is 4. The van der Waals surface area contributed by atoms with E-state index in [-0.39, 0.29) is 17.3 Å². The smallest absolute Gasteiger partial charge is 0.164 e. The fraction of sp³-hybridized carbons (Fsp3) is 0.0652. The molecule has 7 aromatic rings. The Labute approximate surface area is 286 Å². The highest BCUT2D eigenvalue weighted by atomic mass is 15.0. The molecule has 0 fully saturated rings. The minimum atomic E-state index is -0.257. The summed E-state index contributed by atoms with van der Waals surface area (Å²) in [6, 6.07) is 56.2. The van der Waals surface area contributed by atoms with Gasteiger partial charge in [-0.05, 0) is 44.5 Å². The van der Waals surface area contributed by atoms with Crippen LogP contribution in [0.2, 0.25) is 0 Å². The van der Waals surface area contributed by atoms with Gasteiger partial charge in [0.25, 0.3) is 0 Å². The lowest BCUT2D eigenvalue weighted by molar-refractivity contribution is 0.466. The average molecular weight is 626 g/mol. The molecule has 2 atom stereocenters. The molecule has 0 saturated carbocycles. The summed E-state index contributed by atoms with van der Waals surface area (Å²) in [5, 5.41) is 0. The van der Waals surface area contributed by atoms with Gasteiger partial charge in [0, 0.05) is 28.5 Å². The van der Waals surface area contributed by atoms with E-state index in [1.54, 1.807) is 0 Å². The van der Waals surface area contributed by atoms with Gasteiger partial charge in [-0.3, -0.25) is 0 Å². The van der Waals surface area contributed by atoms with E-state index in [1.807, 2.05) is 24.3 Å². The quantitative estimate of drug-likeness (QED) is 0.195. The number of nitrogens with zero attached hydrogens (tertiary/aromatic N) is 3. The largest absolute Gasteiger partial charge is 0.208 e. The van der Waals surface area contributed by atoms with Gasteiger partial charge in [0.05, 0.1) is 5.41 Å². The van der Waals surface area contributed by atoms with Crippen LogP contribution in [-0.4, -0.2) is 15.0 Å². The lowest BCUT2D eigenvalue weighted by atomic mass is 9.65. The Kier molecular flexibility index (Phi) is 6.22. The molecule has 0 radical (unpaired) electrons. The Hall–Kier alpha value is -6.19. The molecule has 3 heteroatoms. The van der Waals surface area contributed by atoms with Crippen LogP contribution in [-0.2, 0) is 5.41 Å². The van der Waals surface area contributed by atoms with Gasteiger partial charge >= 0.3 is 0 Å². The minimum Gasteiger partial charge on any atom is -0.208 e. The molecule has 0 aliphatic heterocycles. The molecule has 0 amide bonds. The van der Waals surface area contributed by atoms with Gasteiger partial charge < -0.3 is 0 Å². The summed E-state index contributed by atoms with van der Waals surface area (Å²) >= 11 is 0. The van der Waals surface area contributed by atoms with Crippen molar-refractivity contribution < 1.29 is 0 Å². The fourth-order valence-corrected chi connectivity index (χ4v) is 8.56. The van der Waals surface area contributed by atoms with Gasteiger partial charge in [-0.25, -0.2) is 15.0 Å². The first-order chi connectivity index (χ1) is 24.3. The molecular formula is C46H31N3. The summed E-state index contributed by atoms with van der Waals surface area (Å²) in [5.41, 5.74) is 13.3. The maximum atomic E-state index is 5.14. The molecule has 1 spiro atoms. The maximum Gasteiger partial charge on any atom is 0.164 e. The van der Waals surface area contributed by atoms with Crippen molar-refractivity contribution in [2.24, 2.45) is 5.92 Å². The van der Waals surface area contributed by atoms with E-state index in [0.717, 1.165) is 22.3 Å². The summed E-state index contributed by atoms with van der Waals surface area (Å²) < 4.78 is 0. The van der Waals surface area contributed by atoms with Crippen LogP contribution in [0.25, 0.3) is 50.6 Å². The number of aromatic nitrogens is 3. The Bertz CT molecular complexity index is 2400. The number of fused-ring (bicyclic) bond motifs is 10. The highest BCUT2D eigenvalue weighted by molar-refractivity contribution is 5.87. The van der Waals surface area contributed by atoms with Crippen LogP contribution < -0.4 is 0 Å². The lowest BCUT2D eigenvalue weighted by Gasteiger charge is -2.36. The van der Waals surface area contributed by atoms with Gasteiger partial charge in [-0.1, -0.05) is 176 Å². The standard InChI is InChI=1S/C46H31N3/c1-3-13-30(14-4-1)31-23-25-33(26-24-31)44-47-43(32-15-5-2-6-16-32)48-45(49-44)34-27-28-42-38(29-34)37-19-9-12-22-41(37)46(42)39-20-10-7-17-35(39)36-18-8-11-21-40(36)46/h1-29,38,42H. The molecular weight excluding hydrogens is 595 g/mol. The minimum absolute atomic E-state index is 0.168. The average Bonchev–Trinajstić information content (AvgIpc) is 3.65. The number of hydrogen-bond acceptors (Lipinski definition) is 3. The first-order valence-corrected chi connectivity index (χ1v) is 17.0. The topological polar surface area (TPSA) is 38.7 Å². The van der Waals surface area contributed by atoms with E-state index in [9.17, 15) is 0 Å². The third kappa shape index (κ3) is 4.19. The monoisotopic (exact) mass is 625 g/mol. The van der Waals surface area contributed by atoms with Crippen molar-refractivity contribution in [1.29, 1.82) is 0 Å². The van der Waals surface area contributed by atoms with Crippen LogP contribution >= 0.6 is 0 Å². The van der Waals surface area contributed by atoms with Crippen LogP contribution in [0.5, 0.6) is 0 Å². The van der Waals surface area contributed by atoms with Crippen LogP contribution in [0.1, 0.15) is 34.0 Å². The van der Waals surface area contributed by atoms with Gasteiger partial charge in [-0.2, -0.15) is 0 Å². The number of benzene rings is 6. The summed E-state index contributed by atoms with van der Waals surface area (Å²) in [7, 11) is 0. The van der Waals surface area contributed by atoms with E-state index in [1.165, 1.54) is 38.9 Å². The van der Waals surface area contributed by atoms with Crippen molar-refractivity contribution in [3.63, 3.8) is 0 Å². The highest BCUT2D eigenvalue weighted by Crippen LogP contribution is 2.65. The molecule has 3 aliphatic carbocycles. The molecule has 1 heterocycles. The van der Waals surface area contributed by atoms with Crippen molar-refractivity contribution in [1.82, 2.24) is 15.0 Å². The number of allylic oxidation sites excluding steroid dienone is 4. The second-order valence-corrected chi connectivity index (χ2v) is 13.1. The summed E-state index contributed by atoms with van der Waals surface area (Å²) in [5.74, 6) is 2.42. The second-order valence-electron chi connectivity index (χ2n) is 13.1. The number of hydrogen-bond donors (Lipinski definition) is 0. The van der Waals surface area contributed by atoms with E-state index in [2.05, 4.69) is 152 Å². The fourth-order valence-electron chi connectivity index (χ4n) is 8.56. The Morgan fingerprint density at radius 1 is 0.408 bits per heavy atom. The van der Waals surface area contributed by atoms with Crippen molar-refractivity contribution in [3.05, 3.63) is 204 Å². The van der Waals surface area contributed by atoms with E-state index >= 15 is 0 Å². The maximum absolute atomic E-state index is 5.14. The Morgan fingerprint density at radius 2 is 0.878 bits per heavy atom. The molecule has 1 aromatic heterocycles. The lowest BCUT2D eigenvalue weighted by Crippen LogP contribution is -2.33. The van der Waals surface area contributed by atoms with E-state index in [4.69, 9.17) is 15.0 Å². The van der Waals surface area contributed by atoms with Crippen molar-refractivity contribution in [2.75, 3.05) is 0 Å². The molecule has 10 rings (SSSR count). The van der Waals surface area contributed by atoms with Gasteiger partial charge in [-0.15, -0.1) is 0 Å². The molecule has 3 nitrogen and oxygen atoms in total. The zero-order valence-electron chi connectivity index (χ0n) is 26.7. The zero-order valence-corrected chi connectivity index (χ0v) is 26.7. The van der Waals surface area contributed by atoms with Gasteiger partial charge in [0.1, 0.15) is 0 Å². The molecule has 6 aromatic carbocycles. The summed E-state index contributed by atoms with van der Waals surface area (Å²) in [6.45, 7) is 0. The molecule has 0 bridgehead atoms. The molecule has 3 aliphatic rings. The Morgan fingerprint density at radius 3 is 1.53 bits per heavy atom. The third-order valence-corrected chi connectivity index (χ3v) is 10.6. The van der Waals surface area contributed by atoms with Crippen molar-refractivity contribution >= 4 is 5.57 Å². The molecule has 230 valence electrons. The normalized spacial score (nSPS) is 17.6. The van der Waals surface area contributed by atoms with Gasteiger partial charge in [0.15, 0.2) is 17.5 Å². The Balaban J connectivity index is 1.12. The van der Waals surface area contributed by atoms with E-state index < -0.39 is 0 Å². The van der Waals surface area contributed by atoms with Crippen LogP contribution in [0.3, 0.4) is 0 Å². The second kappa shape index (κ2) is 10.9. The van der Waals surface area contributed by atoms with Crippen molar-refractivity contribution in [2.45, 2.75) is 11.3 Å². The van der Waals surface area contributed by atoms with Crippen LogP contribution in [0.15, 0.2) is 176 Å². The molecule has 0 N–H and O–H groups in total. The summed E-state index contributed by atoms with van der Waals surface area (Å²) in [6.07, 6.45) is 7.10. The SMILES string of the molecule is C1=CC2C(C=C1c1nc(-c3ccccc3)nc(-c3ccc(-c4ccccc4)cc3)n1)c1ccccc1C21c2ccccc2-c2ccccc21. The molecule has 2 unspecified atom stereocenters. The van der Waals surface area contributed by atoms with Crippen LogP contribution in [0, 0.1) is 5.92 Å². The van der Waals surface area contributed by atoms with Crippen LogP contribution in [0.4, 0.5) is 0 Å².